The molecule has 0 unspecified atom stereocenters. The molecule has 0 saturated carbocycles. The molecule has 0 atom stereocenters. The first-order valence-corrected chi connectivity index (χ1v) is 6.72. The Balaban J connectivity index is 2.08. The molecule has 2 rings (SSSR count). The zero-order chi connectivity index (χ0) is 13.2. The Labute approximate surface area is 115 Å². The van der Waals surface area contributed by atoms with Crippen molar-refractivity contribution in [2.75, 3.05) is 37.4 Å². The summed E-state index contributed by atoms with van der Waals surface area (Å²) in [5.74, 6) is 0.782. The summed E-state index contributed by atoms with van der Waals surface area (Å²) in [7, 11) is 1.91. The van der Waals surface area contributed by atoms with Crippen LogP contribution in [0.15, 0.2) is 16.7 Å². The molecule has 6 heteroatoms. The Kier molecular flexibility index (Phi) is 4.09. The van der Waals surface area contributed by atoms with Gasteiger partial charge in [-0.15, -0.1) is 0 Å². The highest BCUT2D eigenvalue weighted by molar-refractivity contribution is 9.10. The van der Waals surface area contributed by atoms with Gasteiger partial charge in [-0.3, -0.25) is 0 Å². The summed E-state index contributed by atoms with van der Waals surface area (Å²) in [6.45, 7) is 1.76. The lowest BCUT2D eigenvalue weighted by Gasteiger charge is -2.36. The minimum Gasteiger partial charge on any atom is -0.397 e. The number of rotatable bonds is 3. The number of pyridine rings is 1. The molecule has 1 aromatic heterocycles. The van der Waals surface area contributed by atoms with E-state index in [0.29, 0.717) is 38.3 Å². The molecule has 0 bridgehead atoms. The maximum Gasteiger partial charge on any atom is 0.142 e. The van der Waals surface area contributed by atoms with Crippen LogP contribution in [0.2, 0.25) is 0 Å². The van der Waals surface area contributed by atoms with E-state index in [1.54, 1.807) is 6.20 Å². The first-order chi connectivity index (χ1) is 8.50. The molecule has 0 amide bonds. The van der Waals surface area contributed by atoms with Crippen LogP contribution in [0.25, 0.3) is 0 Å². The zero-order valence-corrected chi connectivity index (χ0v) is 12.0. The van der Waals surface area contributed by atoms with Crippen LogP contribution in [0.4, 0.5) is 11.5 Å². The van der Waals surface area contributed by atoms with E-state index in [2.05, 4.69) is 20.9 Å². The molecule has 1 saturated heterocycles. The molecule has 1 fully saturated rings. The first kappa shape index (κ1) is 13.6. The van der Waals surface area contributed by atoms with Gasteiger partial charge in [-0.1, -0.05) is 0 Å². The summed E-state index contributed by atoms with van der Waals surface area (Å²) in [5.41, 5.74) is 5.58. The fourth-order valence-corrected chi connectivity index (χ4v) is 2.82. The van der Waals surface area contributed by atoms with Gasteiger partial charge in [0.1, 0.15) is 5.82 Å². The van der Waals surface area contributed by atoms with Crippen LogP contribution in [-0.4, -0.2) is 42.5 Å². The van der Waals surface area contributed by atoms with Crippen molar-refractivity contribution in [1.29, 1.82) is 0 Å². The van der Waals surface area contributed by atoms with E-state index in [0.717, 1.165) is 10.3 Å². The van der Waals surface area contributed by atoms with Crippen molar-refractivity contribution in [3.05, 3.63) is 16.7 Å². The summed E-state index contributed by atoms with van der Waals surface area (Å²) >= 11 is 3.44. The summed E-state index contributed by atoms with van der Waals surface area (Å²) in [4.78, 5) is 6.23. The average Bonchev–Trinajstić information content (AvgIpc) is 2.28. The molecule has 0 aromatic carbocycles. The molecule has 2 heterocycles. The largest absolute Gasteiger partial charge is 0.397 e. The number of halogens is 1. The van der Waals surface area contributed by atoms with Gasteiger partial charge in [0.05, 0.1) is 22.0 Å². The van der Waals surface area contributed by atoms with E-state index in [1.807, 2.05) is 18.0 Å². The van der Waals surface area contributed by atoms with Crippen molar-refractivity contribution in [3.63, 3.8) is 0 Å². The molecule has 0 spiro atoms. The topological polar surface area (TPSA) is 71.6 Å². The number of anilines is 2. The Hall–Kier alpha value is -0.850. The van der Waals surface area contributed by atoms with Gasteiger partial charge in [-0.05, 0) is 22.0 Å². The number of aromatic nitrogens is 1. The van der Waals surface area contributed by atoms with E-state index >= 15 is 0 Å². The molecule has 1 aromatic rings. The van der Waals surface area contributed by atoms with Crippen molar-refractivity contribution < 1.29 is 9.84 Å². The van der Waals surface area contributed by atoms with E-state index in [4.69, 9.17) is 10.5 Å². The maximum absolute atomic E-state index is 10.5. The maximum atomic E-state index is 10.5. The summed E-state index contributed by atoms with van der Waals surface area (Å²) in [5, 5.41) is 10.5. The predicted molar refractivity (Wildman–Crippen MR) is 74.6 cm³/mol. The van der Waals surface area contributed by atoms with Crippen LogP contribution in [0, 0.1) is 0 Å². The van der Waals surface area contributed by atoms with Crippen LogP contribution in [0.3, 0.4) is 0 Å². The number of hydrogen-bond donors (Lipinski definition) is 2. The van der Waals surface area contributed by atoms with E-state index in [9.17, 15) is 5.11 Å². The summed E-state index contributed by atoms with van der Waals surface area (Å²) in [6.07, 6.45) is 2.93. The van der Waals surface area contributed by atoms with Gasteiger partial charge in [0.2, 0.25) is 0 Å². The second-order valence-electron chi connectivity index (χ2n) is 4.77. The Morgan fingerprint density at radius 1 is 1.56 bits per heavy atom. The third-order valence-electron chi connectivity index (χ3n) is 3.16. The number of aliphatic hydroxyl groups is 1. The zero-order valence-electron chi connectivity index (χ0n) is 10.4. The second kappa shape index (κ2) is 5.42. The van der Waals surface area contributed by atoms with Crippen LogP contribution >= 0.6 is 15.9 Å². The van der Waals surface area contributed by atoms with Crippen molar-refractivity contribution in [2.24, 2.45) is 0 Å². The molecule has 100 valence electrons. The second-order valence-corrected chi connectivity index (χ2v) is 5.62. The SMILES string of the molecule is CN(CC1(O)CCOCC1)c1ncc(N)cc1Br. The van der Waals surface area contributed by atoms with Crippen molar-refractivity contribution in [3.8, 4) is 0 Å². The molecule has 0 aliphatic carbocycles. The number of nitrogens with zero attached hydrogens (tertiary/aromatic N) is 2. The number of nitrogens with two attached hydrogens (primary N) is 1. The van der Waals surface area contributed by atoms with Crippen LogP contribution in [0.5, 0.6) is 0 Å². The van der Waals surface area contributed by atoms with Crippen LogP contribution < -0.4 is 10.6 Å². The highest BCUT2D eigenvalue weighted by atomic mass is 79.9. The highest BCUT2D eigenvalue weighted by Gasteiger charge is 2.31. The molecule has 18 heavy (non-hydrogen) atoms. The number of ether oxygens (including phenoxy) is 1. The summed E-state index contributed by atoms with van der Waals surface area (Å²) in [6, 6.07) is 1.81. The van der Waals surface area contributed by atoms with Crippen LogP contribution in [-0.2, 0) is 4.74 Å². The molecule has 5 nitrogen and oxygen atoms in total. The fraction of sp³-hybridized carbons (Fsp3) is 0.583. The minimum absolute atomic E-state index is 0.534. The molecular formula is C12H18BrN3O2. The lowest BCUT2D eigenvalue weighted by molar-refractivity contribution is -0.0573. The third kappa shape index (κ3) is 3.13. The quantitative estimate of drug-likeness (QED) is 0.882. The number of likely N-dealkylation sites (N-methyl/N-ethyl adjacent to an activating group) is 1. The number of nitrogen functional groups attached to an aromatic ring is 1. The standard InChI is InChI=1S/C12H18BrN3O2/c1-16(8-12(17)2-4-18-5-3-12)11-10(13)6-9(14)7-15-11/h6-7,17H,2-5,8,14H2,1H3. The van der Waals surface area contributed by atoms with Gasteiger partial charge in [0.25, 0.3) is 0 Å². The van der Waals surface area contributed by atoms with E-state index in [1.165, 1.54) is 0 Å². The average molecular weight is 316 g/mol. The summed E-state index contributed by atoms with van der Waals surface area (Å²) < 4.78 is 6.11. The highest BCUT2D eigenvalue weighted by Crippen LogP contribution is 2.28. The van der Waals surface area contributed by atoms with Crippen molar-refractivity contribution in [1.82, 2.24) is 4.98 Å². The van der Waals surface area contributed by atoms with E-state index in [-0.39, 0.29) is 0 Å². The molecular weight excluding hydrogens is 298 g/mol. The van der Waals surface area contributed by atoms with Crippen LogP contribution in [0.1, 0.15) is 12.8 Å². The van der Waals surface area contributed by atoms with Gasteiger partial charge in [-0.25, -0.2) is 4.98 Å². The van der Waals surface area contributed by atoms with Gasteiger partial charge < -0.3 is 20.5 Å². The monoisotopic (exact) mass is 315 g/mol. The Bertz CT molecular complexity index is 422. The predicted octanol–water partition coefficient (Wildman–Crippen LogP) is 1.40. The van der Waals surface area contributed by atoms with Crippen molar-refractivity contribution >= 4 is 27.4 Å². The minimum atomic E-state index is -0.699. The van der Waals surface area contributed by atoms with Gasteiger partial charge in [0, 0.05) is 39.6 Å². The van der Waals surface area contributed by atoms with E-state index < -0.39 is 5.60 Å². The molecule has 1 aliphatic rings. The molecule has 0 radical (unpaired) electrons. The lowest BCUT2D eigenvalue weighted by atomic mass is 9.94. The first-order valence-electron chi connectivity index (χ1n) is 5.92. The fourth-order valence-electron chi connectivity index (χ4n) is 2.15. The van der Waals surface area contributed by atoms with Gasteiger partial charge in [0.15, 0.2) is 0 Å². The smallest absolute Gasteiger partial charge is 0.142 e. The Morgan fingerprint density at radius 2 is 2.22 bits per heavy atom. The molecule has 1 aliphatic heterocycles. The number of hydrogen-bond acceptors (Lipinski definition) is 5. The van der Waals surface area contributed by atoms with Gasteiger partial charge in [-0.2, -0.15) is 0 Å². The lowest BCUT2D eigenvalue weighted by Crippen LogP contribution is -2.46. The third-order valence-corrected chi connectivity index (χ3v) is 3.74. The molecule has 3 N–H and O–H groups in total. The normalized spacial score (nSPS) is 18.6. The van der Waals surface area contributed by atoms with Crippen molar-refractivity contribution in [2.45, 2.75) is 18.4 Å². The Morgan fingerprint density at radius 3 is 2.83 bits per heavy atom. The van der Waals surface area contributed by atoms with Gasteiger partial charge >= 0.3 is 0 Å².